The van der Waals surface area contributed by atoms with Crippen molar-refractivity contribution in [3.63, 3.8) is 0 Å². The number of methoxy groups -OCH3 is 1. The average molecular weight is 341 g/mol. The lowest BCUT2D eigenvalue weighted by molar-refractivity contribution is 0.198. The van der Waals surface area contributed by atoms with Gasteiger partial charge >= 0.3 is 0 Å². The average Bonchev–Trinajstić information content (AvgIpc) is 2.42. The maximum atomic E-state index is 5.34. The maximum Gasteiger partial charge on any atom is 0.135 e. The molecule has 0 atom stereocenters. The first-order valence-electron chi connectivity index (χ1n) is 7.41. The molecule has 112 valence electrons. The molecule has 3 nitrogen and oxygen atoms in total. The summed E-state index contributed by atoms with van der Waals surface area (Å²) in [4.78, 5) is 2.57. The molecule has 0 spiro atoms. The molecule has 2 rings (SSSR count). The van der Waals surface area contributed by atoms with Crippen molar-refractivity contribution in [2.45, 2.75) is 32.7 Å². The van der Waals surface area contributed by atoms with Crippen LogP contribution in [0.2, 0.25) is 0 Å². The third kappa shape index (κ3) is 4.38. The van der Waals surface area contributed by atoms with Gasteiger partial charge in [-0.2, -0.15) is 0 Å². The van der Waals surface area contributed by atoms with E-state index in [1.807, 2.05) is 6.07 Å². The Morgan fingerprint density at radius 3 is 2.65 bits per heavy atom. The molecule has 1 aliphatic rings. The SMILES string of the molecule is COc1cc(NC2CCN(CC(C)C)CC2)ccc1Br. The Hall–Kier alpha value is -0.740. The lowest BCUT2D eigenvalue weighted by atomic mass is 10.0. The zero-order chi connectivity index (χ0) is 14.5. The Balaban J connectivity index is 1.86. The zero-order valence-corrected chi connectivity index (χ0v) is 14.2. The van der Waals surface area contributed by atoms with E-state index in [1.165, 1.54) is 32.5 Å². The molecule has 0 aromatic heterocycles. The van der Waals surface area contributed by atoms with Crippen LogP contribution < -0.4 is 10.1 Å². The minimum atomic E-state index is 0.573. The van der Waals surface area contributed by atoms with Crippen LogP contribution >= 0.6 is 15.9 Å². The van der Waals surface area contributed by atoms with Crippen molar-refractivity contribution in [2.75, 3.05) is 32.1 Å². The molecular formula is C16H25BrN2O. The molecule has 0 bridgehead atoms. The van der Waals surface area contributed by atoms with Crippen LogP contribution in [-0.4, -0.2) is 37.7 Å². The quantitative estimate of drug-likeness (QED) is 0.876. The van der Waals surface area contributed by atoms with Gasteiger partial charge in [0, 0.05) is 37.4 Å². The second kappa shape index (κ2) is 7.32. The third-order valence-electron chi connectivity index (χ3n) is 3.73. The molecule has 1 N–H and O–H groups in total. The van der Waals surface area contributed by atoms with E-state index in [0.29, 0.717) is 6.04 Å². The number of benzene rings is 1. The van der Waals surface area contributed by atoms with E-state index >= 15 is 0 Å². The standard InChI is InChI=1S/C16H25BrN2O/c1-12(2)11-19-8-6-13(7-9-19)18-14-4-5-15(17)16(10-14)20-3/h4-5,10,12-13,18H,6-9,11H2,1-3H3. The molecule has 0 saturated carbocycles. The van der Waals surface area contributed by atoms with E-state index in [2.05, 4.69) is 52.1 Å². The minimum Gasteiger partial charge on any atom is -0.495 e. The molecule has 1 aliphatic heterocycles. The highest BCUT2D eigenvalue weighted by atomic mass is 79.9. The molecule has 0 aliphatic carbocycles. The number of halogens is 1. The molecule has 1 heterocycles. The van der Waals surface area contributed by atoms with E-state index in [1.54, 1.807) is 7.11 Å². The van der Waals surface area contributed by atoms with Crippen molar-refractivity contribution in [1.29, 1.82) is 0 Å². The van der Waals surface area contributed by atoms with Crippen LogP contribution in [0.15, 0.2) is 22.7 Å². The molecule has 0 amide bonds. The number of hydrogen-bond acceptors (Lipinski definition) is 3. The molecular weight excluding hydrogens is 316 g/mol. The summed E-state index contributed by atoms with van der Waals surface area (Å²) in [7, 11) is 1.70. The maximum absolute atomic E-state index is 5.34. The second-order valence-corrected chi connectivity index (χ2v) is 6.82. The van der Waals surface area contributed by atoms with E-state index in [4.69, 9.17) is 4.74 Å². The van der Waals surface area contributed by atoms with Crippen LogP contribution in [0.25, 0.3) is 0 Å². The van der Waals surface area contributed by atoms with Gasteiger partial charge in [-0.3, -0.25) is 0 Å². The third-order valence-corrected chi connectivity index (χ3v) is 4.39. The van der Waals surface area contributed by atoms with Gasteiger partial charge in [0.1, 0.15) is 5.75 Å². The highest BCUT2D eigenvalue weighted by molar-refractivity contribution is 9.10. The lowest BCUT2D eigenvalue weighted by Crippen LogP contribution is -2.40. The van der Waals surface area contributed by atoms with Crippen LogP contribution in [0.5, 0.6) is 5.75 Å². The summed E-state index contributed by atoms with van der Waals surface area (Å²) < 4.78 is 6.34. The number of hydrogen-bond donors (Lipinski definition) is 1. The molecule has 1 saturated heterocycles. The summed E-state index contributed by atoms with van der Waals surface area (Å²) in [6.07, 6.45) is 2.43. The largest absolute Gasteiger partial charge is 0.495 e. The molecule has 20 heavy (non-hydrogen) atoms. The van der Waals surface area contributed by atoms with Gasteiger partial charge in [-0.1, -0.05) is 13.8 Å². The smallest absolute Gasteiger partial charge is 0.135 e. The normalized spacial score (nSPS) is 17.4. The van der Waals surface area contributed by atoms with E-state index in [0.717, 1.165) is 21.8 Å². The molecule has 0 unspecified atom stereocenters. The second-order valence-electron chi connectivity index (χ2n) is 5.96. The number of likely N-dealkylation sites (tertiary alicyclic amines) is 1. The van der Waals surface area contributed by atoms with Gasteiger partial charge < -0.3 is 15.0 Å². The Morgan fingerprint density at radius 1 is 1.35 bits per heavy atom. The van der Waals surface area contributed by atoms with Gasteiger partial charge in [-0.15, -0.1) is 0 Å². The Kier molecular flexibility index (Phi) is 5.73. The monoisotopic (exact) mass is 340 g/mol. The van der Waals surface area contributed by atoms with Crippen LogP contribution in [0.4, 0.5) is 5.69 Å². The fraction of sp³-hybridized carbons (Fsp3) is 0.625. The molecule has 1 aromatic carbocycles. The van der Waals surface area contributed by atoms with Crippen molar-refractivity contribution in [2.24, 2.45) is 5.92 Å². The first-order chi connectivity index (χ1) is 9.58. The highest BCUT2D eigenvalue weighted by Crippen LogP contribution is 2.29. The van der Waals surface area contributed by atoms with Crippen LogP contribution in [0, 0.1) is 5.92 Å². The van der Waals surface area contributed by atoms with Gasteiger partial charge in [0.25, 0.3) is 0 Å². The van der Waals surface area contributed by atoms with Gasteiger partial charge in [0.05, 0.1) is 11.6 Å². The highest BCUT2D eigenvalue weighted by Gasteiger charge is 2.19. The van der Waals surface area contributed by atoms with Gasteiger partial charge in [0.15, 0.2) is 0 Å². The molecule has 0 radical (unpaired) electrons. The molecule has 4 heteroatoms. The Labute approximate surface area is 130 Å². The van der Waals surface area contributed by atoms with Crippen LogP contribution in [0.3, 0.4) is 0 Å². The van der Waals surface area contributed by atoms with Crippen LogP contribution in [-0.2, 0) is 0 Å². The summed E-state index contributed by atoms with van der Waals surface area (Å²) in [5.41, 5.74) is 1.15. The lowest BCUT2D eigenvalue weighted by Gasteiger charge is -2.33. The first kappa shape index (κ1) is 15.6. The number of nitrogens with one attached hydrogen (secondary N) is 1. The topological polar surface area (TPSA) is 24.5 Å². The van der Waals surface area contributed by atoms with Gasteiger partial charge in [-0.25, -0.2) is 0 Å². The summed E-state index contributed by atoms with van der Waals surface area (Å²) in [5, 5.41) is 3.63. The Morgan fingerprint density at radius 2 is 2.05 bits per heavy atom. The van der Waals surface area contributed by atoms with Crippen molar-refractivity contribution in [3.05, 3.63) is 22.7 Å². The predicted molar refractivity (Wildman–Crippen MR) is 88.6 cm³/mol. The summed E-state index contributed by atoms with van der Waals surface area (Å²) in [5.74, 6) is 1.64. The first-order valence-corrected chi connectivity index (χ1v) is 8.20. The fourth-order valence-electron chi connectivity index (χ4n) is 2.76. The van der Waals surface area contributed by atoms with Crippen LogP contribution in [0.1, 0.15) is 26.7 Å². The van der Waals surface area contributed by atoms with Gasteiger partial charge in [-0.05, 0) is 46.8 Å². The number of nitrogens with zero attached hydrogens (tertiary/aromatic N) is 1. The summed E-state index contributed by atoms with van der Waals surface area (Å²) in [6.45, 7) is 8.20. The number of piperidine rings is 1. The number of ether oxygens (including phenoxy) is 1. The predicted octanol–water partition coefficient (Wildman–Crippen LogP) is 3.99. The number of rotatable bonds is 5. The van der Waals surface area contributed by atoms with Crippen molar-refractivity contribution in [3.8, 4) is 5.75 Å². The van der Waals surface area contributed by atoms with E-state index < -0.39 is 0 Å². The molecule has 1 aromatic rings. The van der Waals surface area contributed by atoms with Gasteiger partial charge in [0.2, 0.25) is 0 Å². The fourth-order valence-corrected chi connectivity index (χ4v) is 3.17. The minimum absolute atomic E-state index is 0.573. The van der Waals surface area contributed by atoms with E-state index in [-0.39, 0.29) is 0 Å². The summed E-state index contributed by atoms with van der Waals surface area (Å²) in [6, 6.07) is 6.77. The molecule has 1 fully saturated rings. The number of anilines is 1. The van der Waals surface area contributed by atoms with Crippen molar-refractivity contribution < 1.29 is 4.74 Å². The Bertz CT molecular complexity index is 428. The van der Waals surface area contributed by atoms with E-state index in [9.17, 15) is 0 Å². The zero-order valence-electron chi connectivity index (χ0n) is 12.7. The summed E-state index contributed by atoms with van der Waals surface area (Å²) >= 11 is 3.49. The van der Waals surface area contributed by atoms with Crippen molar-refractivity contribution >= 4 is 21.6 Å². The van der Waals surface area contributed by atoms with Crippen molar-refractivity contribution in [1.82, 2.24) is 4.90 Å².